The number of anilines is 1. The molecule has 6 nitrogen and oxygen atoms in total. The molecular weight excluding hydrogens is 356 g/mol. The van der Waals surface area contributed by atoms with E-state index in [9.17, 15) is 4.39 Å². The highest BCUT2D eigenvalue weighted by molar-refractivity contribution is 6.31. The molecule has 0 aromatic carbocycles. The zero-order chi connectivity index (χ0) is 17.3. The number of aryl methyl sites for hydroxylation is 1. The van der Waals surface area contributed by atoms with Crippen LogP contribution in [0.5, 0.6) is 0 Å². The van der Waals surface area contributed by atoms with E-state index in [4.69, 9.17) is 33.4 Å². The molecule has 3 rings (SSSR count). The van der Waals surface area contributed by atoms with Crippen molar-refractivity contribution < 1.29 is 8.81 Å². The van der Waals surface area contributed by atoms with Gasteiger partial charge in [-0.1, -0.05) is 11.6 Å². The second-order valence-corrected chi connectivity index (χ2v) is 6.13. The minimum absolute atomic E-state index is 0.0442. The number of furan rings is 1. The van der Waals surface area contributed by atoms with E-state index in [1.54, 1.807) is 12.3 Å². The van der Waals surface area contributed by atoms with Crippen LogP contribution < -0.4 is 11.1 Å². The number of halogens is 3. The summed E-state index contributed by atoms with van der Waals surface area (Å²) in [7, 11) is 0. The second kappa shape index (κ2) is 6.96. The van der Waals surface area contributed by atoms with Crippen molar-refractivity contribution in [1.82, 2.24) is 14.6 Å². The van der Waals surface area contributed by atoms with E-state index in [1.807, 2.05) is 13.0 Å². The van der Waals surface area contributed by atoms with Gasteiger partial charge in [-0.25, -0.2) is 8.91 Å². The molecule has 0 radical (unpaired) electrons. The lowest BCUT2D eigenvalue weighted by Crippen LogP contribution is -2.25. The number of nitrogens with two attached hydrogens (primary N) is 1. The molecule has 0 bridgehead atoms. The number of nitrogens with one attached hydrogen (secondary N) is 1. The van der Waals surface area contributed by atoms with Crippen molar-refractivity contribution in [1.29, 1.82) is 0 Å². The van der Waals surface area contributed by atoms with Crippen LogP contribution in [0.4, 0.5) is 10.2 Å². The fourth-order valence-electron chi connectivity index (χ4n) is 2.57. The molecule has 3 aromatic heterocycles. The van der Waals surface area contributed by atoms with Crippen molar-refractivity contribution in [3.63, 3.8) is 0 Å². The van der Waals surface area contributed by atoms with Gasteiger partial charge in [-0.3, -0.25) is 0 Å². The summed E-state index contributed by atoms with van der Waals surface area (Å²) in [5, 5.41) is 7.70. The molecule has 3 N–H and O–H groups in total. The largest absolute Gasteiger partial charge is 0.467 e. The first-order valence-corrected chi connectivity index (χ1v) is 8.07. The molecule has 24 heavy (non-hydrogen) atoms. The van der Waals surface area contributed by atoms with Gasteiger partial charge in [0, 0.05) is 6.04 Å². The minimum Gasteiger partial charge on any atom is -0.467 e. The summed E-state index contributed by atoms with van der Waals surface area (Å²) in [5.41, 5.74) is 7.97. The van der Waals surface area contributed by atoms with Gasteiger partial charge in [0.2, 0.25) is 5.28 Å². The third-order valence-electron chi connectivity index (χ3n) is 3.74. The Bertz CT molecular complexity index is 850. The molecule has 128 valence electrons. The van der Waals surface area contributed by atoms with Crippen molar-refractivity contribution in [2.24, 2.45) is 5.73 Å². The third-order valence-corrected chi connectivity index (χ3v) is 4.29. The van der Waals surface area contributed by atoms with Gasteiger partial charge in [0.1, 0.15) is 23.1 Å². The maximum atomic E-state index is 12.8. The molecule has 0 spiro atoms. The Kier molecular flexibility index (Phi) is 4.93. The van der Waals surface area contributed by atoms with Crippen molar-refractivity contribution in [3.8, 4) is 0 Å². The van der Waals surface area contributed by atoms with E-state index in [0.717, 1.165) is 16.9 Å². The lowest BCUT2D eigenvalue weighted by atomic mass is 10.1. The van der Waals surface area contributed by atoms with Crippen molar-refractivity contribution >= 4 is 34.5 Å². The van der Waals surface area contributed by atoms with Crippen molar-refractivity contribution in [2.45, 2.75) is 25.9 Å². The quantitative estimate of drug-likeness (QED) is 0.693. The Balaban J connectivity index is 2.03. The fraction of sp³-hybridized carbons (Fsp3) is 0.333. The molecule has 1 atom stereocenters. The monoisotopic (exact) mass is 371 g/mol. The normalized spacial score (nSPS) is 12.7. The molecule has 9 heteroatoms. The van der Waals surface area contributed by atoms with Gasteiger partial charge in [0.15, 0.2) is 5.82 Å². The summed E-state index contributed by atoms with van der Waals surface area (Å²) in [6.07, 6.45) is 1.90. The molecule has 0 aliphatic rings. The highest BCUT2D eigenvalue weighted by Crippen LogP contribution is 2.32. The topological polar surface area (TPSA) is 81.4 Å². The van der Waals surface area contributed by atoms with Crippen LogP contribution >= 0.6 is 23.2 Å². The van der Waals surface area contributed by atoms with E-state index in [0.29, 0.717) is 29.5 Å². The predicted octanol–water partition coefficient (Wildman–Crippen LogP) is 3.39. The van der Waals surface area contributed by atoms with Gasteiger partial charge in [-0.2, -0.15) is 4.98 Å². The Labute approximate surface area is 147 Å². The van der Waals surface area contributed by atoms with Gasteiger partial charge in [-0.05, 0) is 48.2 Å². The van der Waals surface area contributed by atoms with Gasteiger partial charge >= 0.3 is 0 Å². The summed E-state index contributed by atoms with van der Waals surface area (Å²) in [6, 6.07) is 3.02. The van der Waals surface area contributed by atoms with Crippen LogP contribution in [0.15, 0.2) is 22.8 Å². The lowest BCUT2D eigenvalue weighted by molar-refractivity contribution is 0.427. The van der Waals surface area contributed by atoms with Crippen LogP contribution in [0.3, 0.4) is 0 Å². The standard InChI is InChI=1S/C15H16Cl2FN5O/c1-8-11(5-9(19)6-18)13(16)23-12(8)14(21-15(17)22-23)20-7-10-3-2-4-24-10/h2-4,9H,5-7,19H2,1H3,(H,20,21,22)/t9-/m1/s1. The van der Waals surface area contributed by atoms with Crippen LogP contribution in [0.2, 0.25) is 10.4 Å². The summed E-state index contributed by atoms with van der Waals surface area (Å²) >= 11 is 12.4. The first-order valence-electron chi connectivity index (χ1n) is 7.32. The first-order chi connectivity index (χ1) is 11.5. The highest BCUT2D eigenvalue weighted by Gasteiger charge is 2.21. The fourth-order valence-corrected chi connectivity index (χ4v) is 3.07. The molecule has 0 fully saturated rings. The van der Waals surface area contributed by atoms with E-state index in [2.05, 4.69) is 15.4 Å². The van der Waals surface area contributed by atoms with Crippen LogP contribution in [0.1, 0.15) is 16.9 Å². The Morgan fingerprint density at radius 2 is 2.25 bits per heavy atom. The summed E-state index contributed by atoms with van der Waals surface area (Å²) in [6.45, 7) is 1.67. The van der Waals surface area contributed by atoms with Crippen LogP contribution in [0.25, 0.3) is 5.52 Å². The second-order valence-electron chi connectivity index (χ2n) is 5.44. The lowest BCUT2D eigenvalue weighted by Gasteiger charge is -2.07. The number of alkyl halides is 1. The SMILES string of the molecule is Cc1c(C[C@@H](N)CF)c(Cl)n2nc(Cl)nc(NCc3ccco3)c12. The van der Waals surface area contributed by atoms with Crippen molar-refractivity contribution in [3.05, 3.63) is 45.7 Å². The molecular formula is C15H16Cl2FN5O. The molecule has 0 amide bonds. The maximum Gasteiger partial charge on any atom is 0.243 e. The van der Waals surface area contributed by atoms with E-state index in [-0.39, 0.29) is 5.28 Å². The average Bonchev–Trinajstić information content (AvgIpc) is 3.16. The molecule has 0 aliphatic heterocycles. The highest BCUT2D eigenvalue weighted by atomic mass is 35.5. The molecule has 0 aliphatic carbocycles. The van der Waals surface area contributed by atoms with Crippen LogP contribution in [0, 0.1) is 6.92 Å². The number of fused-ring (bicyclic) bond motifs is 1. The molecule has 3 heterocycles. The number of rotatable bonds is 6. The smallest absolute Gasteiger partial charge is 0.243 e. The third kappa shape index (κ3) is 3.19. The number of nitrogens with zero attached hydrogens (tertiary/aromatic N) is 3. The Morgan fingerprint density at radius 3 is 2.92 bits per heavy atom. The van der Waals surface area contributed by atoms with Gasteiger partial charge in [0.25, 0.3) is 0 Å². The Morgan fingerprint density at radius 1 is 1.46 bits per heavy atom. The summed E-state index contributed by atoms with van der Waals surface area (Å²) in [5.74, 6) is 1.27. The molecule has 0 unspecified atom stereocenters. The average molecular weight is 372 g/mol. The van der Waals surface area contributed by atoms with Gasteiger partial charge in [-0.15, -0.1) is 5.10 Å². The first kappa shape index (κ1) is 17.0. The molecule has 0 saturated carbocycles. The van der Waals surface area contributed by atoms with Gasteiger partial charge in [0.05, 0.1) is 12.8 Å². The Hall–Kier alpha value is -1.83. The predicted molar refractivity (Wildman–Crippen MR) is 91.4 cm³/mol. The van der Waals surface area contributed by atoms with Gasteiger partial charge < -0.3 is 15.5 Å². The zero-order valence-corrected chi connectivity index (χ0v) is 14.4. The van der Waals surface area contributed by atoms with E-state index < -0.39 is 12.7 Å². The number of aromatic nitrogens is 3. The van der Waals surface area contributed by atoms with Crippen LogP contribution in [-0.4, -0.2) is 27.3 Å². The number of hydrogen-bond donors (Lipinski definition) is 2. The van der Waals surface area contributed by atoms with E-state index in [1.165, 1.54) is 4.52 Å². The molecule has 0 saturated heterocycles. The van der Waals surface area contributed by atoms with Crippen molar-refractivity contribution in [2.75, 3.05) is 12.0 Å². The van der Waals surface area contributed by atoms with Crippen LogP contribution in [-0.2, 0) is 13.0 Å². The zero-order valence-electron chi connectivity index (χ0n) is 12.9. The maximum absolute atomic E-state index is 12.8. The summed E-state index contributed by atoms with van der Waals surface area (Å²) < 4.78 is 19.6. The summed E-state index contributed by atoms with van der Waals surface area (Å²) in [4.78, 5) is 4.23. The number of hydrogen-bond acceptors (Lipinski definition) is 5. The minimum atomic E-state index is -0.627. The molecule has 3 aromatic rings. The van der Waals surface area contributed by atoms with E-state index >= 15 is 0 Å².